The molecule has 0 saturated carbocycles. The van der Waals surface area contributed by atoms with Gasteiger partial charge >= 0.3 is 5.97 Å². The second-order valence-corrected chi connectivity index (χ2v) is 6.20. The first kappa shape index (κ1) is 15.6. The van der Waals surface area contributed by atoms with Crippen molar-refractivity contribution in [2.75, 3.05) is 0 Å². The normalized spacial score (nSPS) is 13.5. The molecule has 0 bridgehead atoms. The number of benzene rings is 1. The molecule has 0 unspecified atom stereocenters. The van der Waals surface area contributed by atoms with Crippen LogP contribution < -0.4 is 0 Å². The first-order valence-electron chi connectivity index (χ1n) is 8.32. The average molecular weight is 336 g/mol. The Morgan fingerprint density at radius 3 is 2.44 bits per heavy atom. The fourth-order valence-corrected chi connectivity index (χ4v) is 3.67. The third-order valence-electron chi connectivity index (χ3n) is 4.72. The van der Waals surface area contributed by atoms with Crippen LogP contribution >= 0.6 is 0 Å². The highest BCUT2D eigenvalue weighted by Crippen LogP contribution is 2.41. The van der Waals surface area contributed by atoms with Gasteiger partial charge in [0.2, 0.25) is 0 Å². The van der Waals surface area contributed by atoms with E-state index in [-0.39, 0.29) is 5.82 Å². The Bertz CT molecular complexity index is 931. The molecule has 126 valence electrons. The predicted octanol–water partition coefficient (Wildman–Crippen LogP) is 4.39. The van der Waals surface area contributed by atoms with Crippen LogP contribution in [0.4, 0.5) is 4.39 Å². The lowest BCUT2D eigenvalue weighted by Gasteiger charge is -2.18. The maximum absolute atomic E-state index is 13.4. The summed E-state index contributed by atoms with van der Waals surface area (Å²) < 4.78 is 15.5. The summed E-state index contributed by atoms with van der Waals surface area (Å²) in [7, 11) is 0. The zero-order valence-electron chi connectivity index (χ0n) is 13.6. The van der Waals surface area contributed by atoms with E-state index in [1.165, 1.54) is 12.1 Å². The van der Waals surface area contributed by atoms with Crippen molar-refractivity contribution in [1.29, 1.82) is 0 Å². The molecule has 0 saturated heterocycles. The van der Waals surface area contributed by atoms with Crippen LogP contribution in [0.3, 0.4) is 0 Å². The Morgan fingerprint density at radius 1 is 1.04 bits per heavy atom. The molecule has 4 rings (SSSR count). The molecule has 0 radical (unpaired) electrons. The smallest absolute Gasteiger partial charge is 0.338 e. The number of nitrogens with zero attached hydrogens (tertiary/aromatic N) is 2. The minimum Gasteiger partial charge on any atom is -0.478 e. The Morgan fingerprint density at radius 2 is 1.76 bits per heavy atom. The van der Waals surface area contributed by atoms with Crippen LogP contribution in [0.2, 0.25) is 0 Å². The summed E-state index contributed by atoms with van der Waals surface area (Å²) in [6, 6.07) is 9.89. The van der Waals surface area contributed by atoms with Gasteiger partial charge in [-0.15, -0.1) is 0 Å². The van der Waals surface area contributed by atoms with Gasteiger partial charge < -0.3 is 9.67 Å². The summed E-state index contributed by atoms with van der Waals surface area (Å²) in [5, 5.41) is 9.90. The highest BCUT2D eigenvalue weighted by molar-refractivity contribution is 6.02. The third-order valence-corrected chi connectivity index (χ3v) is 4.72. The molecule has 0 spiro atoms. The quantitative estimate of drug-likeness (QED) is 0.772. The number of fused-ring (bicyclic) bond motifs is 1. The molecule has 4 nitrogen and oxygen atoms in total. The van der Waals surface area contributed by atoms with Gasteiger partial charge in [-0.25, -0.2) is 9.18 Å². The van der Waals surface area contributed by atoms with E-state index >= 15 is 0 Å². The number of pyridine rings is 1. The molecular formula is C20H17FN2O2. The van der Waals surface area contributed by atoms with Crippen LogP contribution in [0.15, 0.2) is 48.8 Å². The molecule has 5 heteroatoms. The van der Waals surface area contributed by atoms with Gasteiger partial charge in [-0.2, -0.15) is 0 Å². The van der Waals surface area contributed by atoms with E-state index in [1.54, 1.807) is 24.5 Å². The van der Waals surface area contributed by atoms with Gasteiger partial charge in [-0.1, -0.05) is 0 Å². The monoisotopic (exact) mass is 336 g/mol. The molecule has 3 aromatic rings. The fraction of sp³-hybridized carbons (Fsp3) is 0.200. The van der Waals surface area contributed by atoms with Crippen LogP contribution in [0.1, 0.15) is 28.9 Å². The molecule has 0 amide bonds. The van der Waals surface area contributed by atoms with Gasteiger partial charge in [0.15, 0.2) is 0 Å². The number of halogens is 1. The average Bonchev–Trinajstić information content (AvgIpc) is 2.98. The lowest BCUT2D eigenvalue weighted by atomic mass is 9.97. The molecule has 1 N–H and O–H groups in total. The second-order valence-electron chi connectivity index (χ2n) is 6.20. The first-order valence-corrected chi connectivity index (χ1v) is 8.32. The molecule has 1 aromatic carbocycles. The standard InChI is InChI=1S/C20H17FN2O2/c21-15-6-4-14(5-7-15)19-17(13-8-10-22-11-9-13)18(20(24)25)16-3-1-2-12-23(16)19/h4-11H,1-3,12H2,(H,24,25). The first-order chi connectivity index (χ1) is 12.2. The largest absolute Gasteiger partial charge is 0.478 e. The molecule has 1 aliphatic rings. The van der Waals surface area contributed by atoms with E-state index in [2.05, 4.69) is 9.55 Å². The van der Waals surface area contributed by atoms with Gasteiger partial charge in [-0.3, -0.25) is 4.98 Å². The molecule has 3 heterocycles. The van der Waals surface area contributed by atoms with Crippen LogP contribution in [0.5, 0.6) is 0 Å². The minimum atomic E-state index is -0.925. The predicted molar refractivity (Wildman–Crippen MR) is 93.0 cm³/mol. The van der Waals surface area contributed by atoms with Gasteiger partial charge in [0, 0.05) is 30.2 Å². The number of carboxylic acids is 1. The molecule has 0 atom stereocenters. The Kier molecular flexibility index (Phi) is 3.84. The van der Waals surface area contributed by atoms with E-state index in [0.29, 0.717) is 11.1 Å². The molecular weight excluding hydrogens is 319 g/mol. The summed E-state index contributed by atoms with van der Waals surface area (Å²) in [5.74, 6) is -1.23. The zero-order valence-corrected chi connectivity index (χ0v) is 13.6. The summed E-state index contributed by atoms with van der Waals surface area (Å²) in [4.78, 5) is 16.1. The molecule has 0 aliphatic carbocycles. The highest BCUT2D eigenvalue weighted by atomic mass is 19.1. The van der Waals surface area contributed by atoms with E-state index in [0.717, 1.165) is 48.3 Å². The number of carbonyl (C=O) groups is 1. The van der Waals surface area contributed by atoms with Crippen molar-refractivity contribution in [2.45, 2.75) is 25.8 Å². The highest BCUT2D eigenvalue weighted by Gasteiger charge is 2.29. The van der Waals surface area contributed by atoms with E-state index < -0.39 is 5.97 Å². The second kappa shape index (κ2) is 6.16. The fourth-order valence-electron chi connectivity index (χ4n) is 3.67. The van der Waals surface area contributed by atoms with Gasteiger partial charge in [0.25, 0.3) is 0 Å². The molecule has 2 aromatic heterocycles. The number of rotatable bonds is 3. The zero-order chi connectivity index (χ0) is 17.4. The summed E-state index contributed by atoms with van der Waals surface area (Å²) in [6.07, 6.45) is 6.03. The van der Waals surface area contributed by atoms with Crippen LogP contribution in [0, 0.1) is 5.82 Å². The van der Waals surface area contributed by atoms with Gasteiger partial charge in [-0.05, 0) is 66.8 Å². The van der Waals surface area contributed by atoms with Crippen molar-refractivity contribution in [3.05, 3.63) is 65.9 Å². The van der Waals surface area contributed by atoms with Crippen molar-refractivity contribution >= 4 is 5.97 Å². The SMILES string of the molecule is O=C(O)c1c(-c2ccncc2)c(-c2ccc(F)cc2)n2c1CCCC2. The Labute approximate surface area is 144 Å². The van der Waals surface area contributed by atoms with Crippen molar-refractivity contribution in [2.24, 2.45) is 0 Å². The van der Waals surface area contributed by atoms with Crippen molar-refractivity contribution in [1.82, 2.24) is 9.55 Å². The maximum Gasteiger partial charge on any atom is 0.338 e. The van der Waals surface area contributed by atoms with E-state index in [4.69, 9.17) is 0 Å². The number of carboxylic acid groups (broad SMARTS) is 1. The molecule has 1 aliphatic heterocycles. The number of aromatic nitrogens is 2. The maximum atomic E-state index is 13.4. The van der Waals surface area contributed by atoms with Gasteiger partial charge in [0.1, 0.15) is 5.82 Å². The topological polar surface area (TPSA) is 55.1 Å². The van der Waals surface area contributed by atoms with Crippen LogP contribution in [-0.2, 0) is 13.0 Å². The van der Waals surface area contributed by atoms with Crippen molar-refractivity contribution in [3.8, 4) is 22.4 Å². The molecule has 0 fully saturated rings. The Hall–Kier alpha value is -2.95. The van der Waals surface area contributed by atoms with Crippen molar-refractivity contribution < 1.29 is 14.3 Å². The van der Waals surface area contributed by atoms with Crippen LogP contribution in [0.25, 0.3) is 22.4 Å². The van der Waals surface area contributed by atoms with Gasteiger partial charge in [0.05, 0.1) is 11.3 Å². The third kappa shape index (κ3) is 2.61. The number of hydrogen-bond acceptors (Lipinski definition) is 2. The van der Waals surface area contributed by atoms with E-state index in [9.17, 15) is 14.3 Å². The van der Waals surface area contributed by atoms with E-state index in [1.807, 2.05) is 12.1 Å². The minimum absolute atomic E-state index is 0.307. The summed E-state index contributed by atoms with van der Waals surface area (Å²) in [6.45, 7) is 0.771. The summed E-state index contributed by atoms with van der Waals surface area (Å²) in [5.41, 5.74) is 4.38. The van der Waals surface area contributed by atoms with Crippen LogP contribution in [-0.4, -0.2) is 20.6 Å². The number of aromatic carboxylic acids is 1. The molecule has 25 heavy (non-hydrogen) atoms. The summed E-state index contributed by atoms with van der Waals surface area (Å²) >= 11 is 0. The lowest BCUT2D eigenvalue weighted by Crippen LogP contribution is -2.13. The number of hydrogen-bond donors (Lipinski definition) is 1. The lowest BCUT2D eigenvalue weighted by molar-refractivity contribution is 0.0696. The van der Waals surface area contributed by atoms with Crippen molar-refractivity contribution in [3.63, 3.8) is 0 Å². The Balaban J connectivity index is 2.07.